The van der Waals surface area contributed by atoms with Crippen LogP contribution < -0.4 is 5.48 Å². The van der Waals surface area contributed by atoms with E-state index < -0.39 is 0 Å². The van der Waals surface area contributed by atoms with Crippen LogP contribution in [0.1, 0.15) is 138 Å². The zero-order chi connectivity index (χ0) is 34.2. The van der Waals surface area contributed by atoms with E-state index in [0.717, 1.165) is 60.8 Å². The van der Waals surface area contributed by atoms with Crippen molar-refractivity contribution in [2.24, 2.45) is 46.3 Å². The highest BCUT2D eigenvalue weighted by atomic mass is 32.1. The summed E-state index contributed by atoms with van der Waals surface area (Å²) in [6.45, 7) is 16.7. The molecule has 0 bridgehead atoms. The molecular formula is C41H67NO4S. The molecule has 3 fully saturated rings. The smallest absolute Gasteiger partial charge is 0.335 e. The third-order valence-electron chi connectivity index (χ3n) is 13.2. The zero-order valence-electron chi connectivity index (χ0n) is 31.1. The Kier molecular flexibility index (Phi) is 13.8. The fourth-order valence-electron chi connectivity index (χ4n) is 9.98. The number of methoxy groups -OCH3 is 1. The van der Waals surface area contributed by atoms with Crippen LogP contribution in [0.25, 0.3) is 0 Å². The number of carbonyl (C=O) groups excluding carboxylic acids is 1. The van der Waals surface area contributed by atoms with Gasteiger partial charge in [0, 0.05) is 25.3 Å². The van der Waals surface area contributed by atoms with Crippen molar-refractivity contribution < 1.29 is 19.1 Å². The maximum atomic E-state index is 13.2. The Bertz CT molecular complexity index is 1140. The van der Waals surface area contributed by atoms with Crippen molar-refractivity contribution in [1.29, 1.82) is 0 Å². The minimum Gasteiger partial charge on any atom is -0.379 e. The molecule has 4 rings (SSSR count). The molecule has 0 spiro atoms. The molecular weight excluding hydrogens is 603 g/mol. The number of thiocarbonyl (C=S) groups is 1. The zero-order valence-corrected chi connectivity index (χ0v) is 31.9. The highest BCUT2D eigenvalue weighted by Crippen LogP contribution is 2.67. The lowest BCUT2D eigenvalue weighted by atomic mass is 9.47. The van der Waals surface area contributed by atoms with Crippen LogP contribution >= 0.6 is 12.2 Å². The summed E-state index contributed by atoms with van der Waals surface area (Å²) >= 11 is 5.09. The fourth-order valence-corrected chi connectivity index (χ4v) is 10.2. The van der Waals surface area contributed by atoms with Gasteiger partial charge in [0.15, 0.2) is 0 Å². The van der Waals surface area contributed by atoms with Crippen LogP contribution in [-0.2, 0) is 19.1 Å². The lowest BCUT2D eigenvalue weighted by Gasteiger charge is -2.58. The summed E-state index contributed by atoms with van der Waals surface area (Å²) in [5.74, 6) is 3.98. The Morgan fingerprint density at radius 2 is 1.89 bits per heavy atom. The second kappa shape index (κ2) is 16.9. The van der Waals surface area contributed by atoms with Gasteiger partial charge in [0.1, 0.15) is 0 Å². The van der Waals surface area contributed by atoms with E-state index in [2.05, 4.69) is 60.0 Å². The number of carbonyl (C=O) groups is 1. The maximum Gasteiger partial charge on any atom is 0.335 e. The van der Waals surface area contributed by atoms with Crippen LogP contribution in [-0.4, -0.2) is 36.8 Å². The van der Waals surface area contributed by atoms with Crippen LogP contribution in [0, 0.1) is 46.3 Å². The largest absolute Gasteiger partial charge is 0.379 e. The Morgan fingerprint density at radius 3 is 2.62 bits per heavy atom. The Labute approximate surface area is 293 Å². The van der Waals surface area contributed by atoms with Crippen molar-refractivity contribution >= 4 is 23.6 Å². The molecule has 0 aliphatic heterocycles. The molecule has 4 aliphatic rings. The first kappa shape index (κ1) is 38.3. The summed E-state index contributed by atoms with van der Waals surface area (Å²) in [6.07, 6.45) is 24.9. The van der Waals surface area contributed by atoms with Crippen LogP contribution in [0.2, 0.25) is 0 Å². The van der Waals surface area contributed by atoms with Crippen molar-refractivity contribution in [2.75, 3.05) is 13.7 Å². The third kappa shape index (κ3) is 9.60. The van der Waals surface area contributed by atoms with Gasteiger partial charge in [-0.25, -0.2) is 10.3 Å². The number of nitrogens with one attached hydrogen (secondary N) is 1. The number of unbranched alkanes of at least 4 members (excludes halogenated alkanes) is 1. The average Bonchev–Trinajstić information content (AvgIpc) is 3.36. The summed E-state index contributed by atoms with van der Waals surface area (Å²) in [4.78, 5) is 18.8. The number of ether oxygens (including phenoxy) is 2. The third-order valence-corrected chi connectivity index (χ3v) is 13.3. The molecule has 3 saturated carbocycles. The second-order valence-electron chi connectivity index (χ2n) is 17.0. The first-order valence-corrected chi connectivity index (χ1v) is 19.4. The van der Waals surface area contributed by atoms with E-state index in [-0.39, 0.29) is 29.0 Å². The molecule has 8 atom stereocenters. The van der Waals surface area contributed by atoms with Crippen LogP contribution in [0.15, 0.2) is 35.6 Å². The number of rotatable bonds is 17. The predicted octanol–water partition coefficient (Wildman–Crippen LogP) is 10.5. The van der Waals surface area contributed by atoms with Gasteiger partial charge in [-0.15, -0.1) is 0 Å². The van der Waals surface area contributed by atoms with Crippen LogP contribution in [0.4, 0.5) is 0 Å². The summed E-state index contributed by atoms with van der Waals surface area (Å²) in [6, 6.07) is 0. The van der Waals surface area contributed by atoms with E-state index >= 15 is 0 Å². The lowest BCUT2D eigenvalue weighted by molar-refractivity contribution is -0.155. The predicted molar refractivity (Wildman–Crippen MR) is 198 cm³/mol. The molecule has 0 amide bonds. The molecule has 47 heavy (non-hydrogen) atoms. The van der Waals surface area contributed by atoms with E-state index in [1.165, 1.54) is 63.4 Å². The standard InChI is InChI=1S/C41H67NO4S/c1-29(2)11-9-10-12-33-14-16-36-35-15-13-34-28-32(17-21-41(34,7)37(35)18-22-40(33,36)6)38(43)46-42-24-19-31(20-26-47)27-30(3)45-25-23-39(4,5)44-8/h13,19-20,24,26,29-30,32-33,35-37,42H,9-12,14-18,21-23,25,27-28H2,1-8H3/b24-19-,31-20+/t30?,32?,33-,35?,36?,37?,40+,41-/m0/s1. The molecule has 0 aromatic rings. The van der Waals surface area contributed by atoms with Crippen molar-refractivity contribution in [1.82, 2.24) is 5.48 Å². The van der Waals surface area contributed by atoms with Gasteiger partial charge in [0.25, 0.3) is 0 Å². The highest BCUT2D eigenvalue weighted by molar-refractivity contribution is 7.79. The average molecular weight is 670 g/mol. The molecule has 0 saturated heterocycles. The second-order valence-corrected chi connectivity index (χ2v) is 17.3. The number of allylic oxidation sites excluding steroid dienone is 4. The van der Waals surface area contributed by atoms with Gasteiger partial charge >= 0.3 is 5.97 Å². The van der Waals surface area contributed by atoms with Crippen molar-refractivity contribution in [2.45, 2.75) is 150 Å². The number of hydroxylamine groups is 1. The minimum absolute atomic E-state index is 0.0311. The van der Waals surface area contributed by atoms with E-state index in [1.54, 1.807) is 18.7 Å². The molecule has 5 unspecified atom stereocenters. The van der Waals surface area contributed by atoms with Crippen molar-refractivity contribution in [3.63, 3.8) is 0 Å². The fraction of sp³-hybridized carbons (Fsp3) is 0.805. The first-order chi connectivity index (χ1) is 22.3. The Hall–Kier alpha value is -1.50. The van der Waals surface area contributed by atoms with Gasteiger partial charge in [-0.2, -0.15) is 0 Å². The van der Waals surface area contributed by atoms with Gasteiger partial charge in [0.2, 0.25) is 0 Å². The quantitative estimate of drug-likeness (QED) is 0.0415. The normalized spacial score (nSPS) is 33.2. The van der Waals surface area contributed by atoms with Gasteiger partial charge in [0.05, 0.1) is 17.6 Å². The van der Waals surface area contributed by atoms with Crippen LogP contribution in [0.3, 0.4) is 0 Å². The van der Waals surface area contributed by atoms with Gasteiger partial charge < -0.3 is 14.3 Å². The first-order valence-electron chi connectivity index (χ1n) is 19.0. The summed E-state index contributed by atoms with van der Waals surface area (Å²) in [5.41, 5.74) is 5.92. The maximum absolute atomic E-state index is 13.2. The number of fused-ring (bicyclic) bond motifs is 5. The molecule has 4 aliphatic carbocycles. The summed E-state index contributed by atoms with van der Waals surface area (Å²) in [5, 5.41) is 1.61. The minimum atomic E-state index is -0.197. The SMILES string of the molecule is COC(C)(C)CCOC(C)CC(/C=C\NOC(=O)C1CC[C@@]2(C)C(=CCC3C2CC[C@@]2(C)C3CC[C@@H]2CCCCC(C)C)C1)=C/C=S. The summed E-state index contributed by atoms with van der Waals surface area (Å²) in [7, 11) is 1.73. The van der Waals surface area contributed by atoms with E-state index in [4.69, 9.17) is 26.5 Å². The van der Waals surface area contributed by atoms with Gasteiger partial charge in [-0.1, -0.05) is 70.8 Å². The lowest BCUT2D eigenvalue weighted by Crippen LogP contribution is -2.50. The van der Waals surface area contributed by atoms with Crippen molar-refractivity contribution in [3.8, 4) is 0 Å². The highest BCUT2D eigenvalue weighted by Gasteiger charge is 2.58. The topological polar surface area (TPSA) is 56.8 Å². The molecule has 0 aromatic carbocycles. The molecule has 5 nitrogen and oxygen atoms in total. The van der Waals surface area contributed by atoms with Crippen molar-refractivity contribution in [3.05, 3.63) is 35.6 Å². The van der Waals surface area contributed by atoms with E-state index in [1.807, 2.05) is 12.2 Å². The van der Waals surface area contributed by atoms with Gasteiger partial charge in [-0.05, 0) is 150 Å². The number of hydrogen-bond acceptors (Lipinski definition) is 6. The van der Waals surface area contributed by atoms with Gasteiger partial charge in [-0.3, -0.25) is 0 Å². The van der Waals surface area contributed by atoms with E-state index in [0.29, 0.717) is 18.4 Å². The monoisotopic (exact) mass is 669 g/mol. The number of hydrogen-bond donors (Lipinski definition) is 1. The van der Waals surface area contributed by atoms with Crippen LogP contribution in [0.5, 0.6) is 0 Å². The molecule has 0 radical (unpaired) electrons. The molecule has 266 valence electrons. The Morgan fingerprint density at radius 1 is 1.11 bits per heavy atom. The Balaban J connectivity index is 1.26. The molecule has 1 N–H and O–H groups in total. The summed E-state index contributed by atoms with van der Waals surface area (Å²) < 4.78 is 11.5. The molecule has 6 heteroatoms. The van der Waals surface area contributed by atoms with E-state index in [9.17, 15) is 4.79 Å². The molecule has 0 heterocycles. The molecule has 0 aromatic heterocycles.